The predicted octanol–water partition coefficient (Wildman–Crippen LogP) is 1.46. The smallest absolute Gasteiger partial charge is 0.0671 e. The molecule has 2 atom stereocenters. The SMILES string of the molecule is CC/C=C/C1CC(O)CNC12CC2. The molecule has 1 aliphatic carbocycles. The van der Waals surface area contributed by atoms with Gasteiger partial charge in [0.2, 0.25) is 0 Å². The third-order valence-corrected chi connectivity index (χ3v) is 3.32. The second-order valence-corrected chi connectivity index (χ2v) is 4.37. The van der Waals surface area contributed by atoms with Crippen molar-refractivity contribution in [2.24, 2.45) is 5.92 Å². The van der Waals surface area contributed by atoms with Crippen molar-refractivity contribution in [2.45, 2.75) is 44.2 Å². The Hall–Kier alpha value is -0.340. The lowest BCUT2D eigenvalue weighted by Gasteiger charge is -2.34. The summed E-state index contributed by atoms with van der Waals surface area (Å²) in [5.74, 6) is 0.566. The van der Waals surface area contributed by atoms with Crippen LogP contribution < -0.4 is 5.32 Å². The van der Waals surface area contributed by atoms with Crippen molar-refractivity contribution >= 4 is 0 Å². The molecule has 2 aliphatic rings. The predicted molar refractivity (Wildman–Crippen MR) is 53.5 cm³/mol. The summed E-state index contributed by atoms with van der Waals surface area (Å²) >= 11 is 0. The molecule has 2 heteroatoms. The normalized spacial score (nSPS) is 37.1. The van der Waals surface area contributed by atoms with E-state index in [-0.39, 0.29) is 6.10 Å². The molecule has 0 aromatic carbocycles. The van der Waals surface area contributed by atoms with Crippen LogP contribution in [0.15, 0.2) is 12.2 Å². The van der Waals surface area contributed by atoms with Crippen LogP contribution in [0.2, 0.25) is 0 Å². The Morgan fingerprint density at radius 1 is 1.54 bits per heavy atom. The number of nitrogens with one attached hydrogen (secondary N) is 1. The topological polar surface area (TPSA) is 32.3 Å². The minimum Gasteiger partial charge on any atom is -0.392 e. The molecule has 1 saturated heterocycles. The van der Waals surface area contributed by atoms with E-state index < -0.39 is 0 Å². The van der Waals surface area contributed by atoms with Crippen LogP contribution in [0, 0.1) is 5.92 Å². The summed E-state index contributed by atoms with van der Waals surface area (Å²) < 4.78 is 0. The summed E-state index contributed by atoms with van der Waals surface area (Å²) in [4.78, 5) is 0. The highest BCUT2D eigenvalue weighted by atomic mass is 16.3. The molecule has 1 saturated carbocycles. The molecule has 74 valence electrons. The van der Waals surface area contributed by atoms with Gasteiger partial charge < -0.3 is 10.4 Å². The molecule has 0 radical (unpaired) electrons. The van der Waals surface area contributed by atoms with Crippen LogP contribution in [0.25, 0.3) is 0 Å². The van der Waals surface area contributed by atoms with Gasteiger partial charge in [0.15, 0.2) is 0 Å². The van der Waals surface area contributed by atoms with Gasteiger partial charge in [0, 0.05) is 12.1 Å². The summed E-state index contributed by atoms with van der Waals surface area (Å²) in [5.41, 5.74) is 0.380. The Labute approximate surface area is 80.0 Å². The van der Waals surface area contributed by atoms with Crippen molar-refractivity contribution in [1.29, 1.82) is 0 Å². The van der Waals surface area contributed by atoms with Crippen molar-refractivity contribution in [1.82, 2.24) is 5.32 Å². The molecule has 0 amide bonds. The zero-order valence-corrected chi connectivity index (χ0v) is 8.29. The largest absolute Gasteiger partial charge is 0.392 e. The van der Waals surface area contributed by atoms with E-state index in [2.05, 4.69) is 24.4 Å². The number of β-amino-alcohol motifs (C(OH)–C–C–N with tert-alkyl or cyclic N) is 1. The standard InChI is InChI=1S/C11H19NO/c1-2-3-4-9-7-10(13)8-12-11(9)5-6-11/h3-4,9-10,12-13H,2,5-8H2,1H3/b4-3+. The fourth-order valence-corrected chi connectivity index (χ4v) is 2.30. The molecule has 2 fully saturated rings. The van der Waals surface area contributed by atoms with E-state index in [4.69, 9.17) is 0 Å². The lowest BCUT2D eigenvalue weighted by molar-refractivity contribution is 0.0982. The summed E-state index contributed by atoms with van der Waals surface area (Å²) in [6.07, 6.45) is 9.01. The molecular weight excluding hydrogens is 162 g/mol. The quantitative estimate of drug-likeness (QED) is 0.632. The van der Waals surface area contributed by atoms with Crippen LogP contribution in [0.3, 0.4) is 0 Å². The maximum atomic E-state index is 9.54. The van der Waals surface area contributed by atoms with Crippen LogP contribution in [0.1, 0.15) is 32.6 Å². The maximum Gasteiger partial charge on any atom is 0.0671 e. The van der Waals surface area contributed by atoms with Crippen molar-refractivity contribution in [3.05, 3.63) is 12.2 Å². The zero-order chi connectivity index (χ0) is 9.31. The average Bonchev–Trinajstić information content (AvgIpc) is 2.89. The molecule has 13 heavy (non-hydrogen) atoms. The average molecular weight is 181 g/mol. The molecule has 1 aliphatic heterocycles. The van der Waals surface area contributed by atoms with Gasteiger partial charge in [0.05, 0.1) is 6.10 Å². The Balaban J connectivity index is 2.00. The van der Waals surface area contributed by atoms with Gasteiger partial charge in [-0.3, -0.25) is 0 Å². The zero-order valence-electron chi connectivity index (χ0n) is 8.29. The molecule has 0 aromatic heterocycles. The van der Waals surface area contributed by atoms with E-state index >= 15 is 0 Å². The highest BCUT2D eigenvalue weighted by molar-refractivity contribution is 5.15. The summed E-state index contributed by atoms with van der Waals surface area (Å²) in [7, 11) is 0. The van der Waals surface area contributed by atoms with Gasteiger partial charge in [-0.1, -0.05) is 19.1 Å². The minimum atomic E-state index is -0.141. The first-order valence-corrected chi connectivity index (χ1v) is 5.36. The first kappa shape index (κ1) is 9.22. The van der Waals surface area contributed by atoms with Crippen molar-refractivity contribution in [3.63, 3.8) is 0 Å². The van der Waals surface area contributed by atoms with E-state index in [9.17, 15) is 5.11 Å². The Bertz CT molecular complexity index is 208. The number of aliphatic hydroxyl groups is 1. The van der Waals surface area contributed by atoms with Gasteiger partial charge in [0.25, 0.3) is 0 Å². The maximum absolute atomic E-state index is 9.54. The third kappa shape index (κ3) is 1.79. The molecule has 0 aromatic rings. The van der Waals surface area contributed by atoms with Gasteiger partial charge in [-0.25, -0.2) is 0 Å². The highest BCUT2D eigenvalue weighted by Crippen LogP contribution is 2.46. The van der Waals surface area contributed by atoms with Crippen LogP contribution >= 0.6 is 0 Å². The van der Waals surface area contributed by atoms with Gasteiger partial charge in [-0.05, 0) is 31.6 Å². The molecule has 2 unspecified atom stereocenters. The molecular formula is C11H19NO. The summed E-state index contributed by atoms with van der Waals surface area (Å²) in [5, 5.41) is 13.0. The van der Waals surface area contributed by atoms with Gasteiger partial charge in [0.1, 0.15) is 0 Å². The van der Waals surface area contributed by atoms with Gasteiger partial charge >= 0.3 is 0 Å². The number of aliphatic hydroxyl groups excluding tert-OH is 1. The Morgan fingerprint density at radius 2 is 2.31 bits per heavy atom. The van der Waals surface area contributed by atoms with E-state index in [0.29, 0.717) is 11.5 Å². The van der Waals surface area contributed by atoms with Crippen molar-refractivity contribution < 1.29 is 5.11 Å². The number of hydrogen-bond acceptors (Lipinski definition) is 2. The van der Waals surface area contributed by atoms with E-state index in [1.54, 1.807) is 0 Å². The number of allylic oxidation sites excluding steroid dienone is 1. The molecule has 2 N–H and O–H groups in total. The van der Waals surface area contributed by atoms with Crippen LogP contribution in [0.4, 0.5) is 0 Å². The Morgan fingerprint density at radius 3 is 2.92 bits per heavy atom. The van der Waals surface area contributed by atoms with Crippen molar-refractivity contribution in [3.8, 4) is 0 Å². The van der Waals surface area contributed by atoms with Crippen molar-refractivity contribution in [2.75, 3.05) is 6.54 Å². The first-order valence-electron chi connectivity index (χ1n) is 5.36. The monoisotopic (exact) mass is 181 g/mol. The van der Waals surface area contributed by atoms with Crippen LogP contribution in [-0.2, 0) is 0 Å². The van der Waals surface area contributed by atoms with E-state index in [0.717, 1.165) is 19.4 Å². The molecule has 0 bridgehead atoms. The van der Waals surface area contributed by atoms with Gasteiger partial charge in [-0.15, -0.1) is 0 Å². The van der Waals surface area contributed by atoms with Gasteiger partial charge in [-0.2, -0.15) is 0 Å². The molecule has 1 heterocycles. The lowest BCUT2D eigenvalue weighted by atomic mass is 9.86. The summed E-state index contributed by atoms with van der Waals surface area (Å²) in [6.45, 7) is 2.94. The second kappa shape index (κ2) is 3.43. The molecule has 1 spiro atoms. The van der Waals surface area contributed by atoms with Crippen LogP contribution in [0.5, 0.6) is 0 Å². The third-order valence-electron chi connectivity index (χ3n) is 3.32. The summed E-state index contributed by atoms with van der Waals surface area (Å²) in [6, 6.07) is 0. The highest BCUT2D eigenvalue weighted by Gasteiger charge is 2.50. The fraction of sp³-hybridized carbons (Fsp3) is 0.818. The van der Waals surface area contributed by atoms with Crippen LogP contribution in [-0.4, -0.2) is 23.3 Å². The first-order chi connectivity index (χ1) is 6.27. The molecule has 2 rings (SSSR count). The lowest BCUT2D eigenvalue weighted by Crippen LogP contribution is -2.48. The molecule has 2 nitrogen and oxygen atoms in total. The van der Waals surface area contributed by atoms with E-state index in [1.165, 1.54) is 12.8 Å². The Kier molecular flexibility index (Phi) is 2.43. The second-order valence-electron chi connectivity index (χ2n) is 4.37. The fourth-order valence-electron chi connectivity index (χ4n) is 2.30. The number of rotatable bonds is 2. The number of hydrogen-bond donors (Lipinski definition) is 2. The van der Waals surface area contributed by atoms with E-state index in [1.807, 2.05) is 0 Å². The number of piperidine rings is 1. The minimum absolute atomic E-state index is 0.141.